The van der Waals surface area contributed by atoms with Crippen LogP contribution in [-0.2, 0) is 9.53 Å². The highest BCUT2D eigenvalue weighted by molar-refractivity contribution is 6.20. The van der Waals surface area contributed by atoms with E-state index in [1.165, 1.54) is 0 Å². The normalized spacial score (nSPS) is 11.2. The lowest BCUT2D eigenvalue weighted by molar-refractivity contribution is -0.143. The summed E-state index contributed by atoms with van der Waals surface area (Å²) in [5.74, 6) is -0.663. The standard InChI is InChI=1S/C10H10N2O2/c1-8(14-10(13)7-12-11)9-5-3-2-4-6-9/h2-8H,1H3/t8-/m1/s1. The number of esters is 1. The van der Waals surface area contributed by atoms with Gasteiger partial charge in [-0.15, -0.1) is 0 Å². The van der Waals surface area contributed by atoms with Crippen LogP contribution in [0.4, 0.5) is 0 Å². The highest BCUT2D eigenvalue weighted by Crippen LogP contribution is 2.15. The number of ether oxygens (including phenoxy) is 1. The van der Waals surface area contributed by atoms with Gasteiger partial charge in [-0.25, -0.2) is 4.79 Å². The van der Waals surface area contributed by atoms with Gasteiger partial charge in [0.05, 0.1) is 0 Å². The number of hydrogen-bond acceptors (Lipinski definition) is 2. The van der Waals surface area contributed by atoms with Gasteiger partial charge in [0.1, 0.15) is 6.10 Å². The van der Waals surface area contributed by atoms with Crippen molar-refractivity contribution in [2.45, 2.75) is 13.0 Å². The number of nitrogens with zero attached hydrogens (tertiary/aromatic N) is 2. The van der Waals surface area contributed by atoms with Crippen LogP contribution in [0, 0.1) is 0 Å². The predicted molar refractivity (Wildman–Crippen MR) is 50.6 cm³/mol. The summed E-state index contributed by atoms with van der Waals surface area (Å²) in [5, 5.41) is 0. The molecule has 72 valence electrons. The second-order valence-electron chi connectivity index (χ2n) is 2.73. The van der Waals surface area contributed by atoms with Crippen molar-refractivity contribution in [2.75, 3.05) is 0 Å². The third kappa shape index (κ3) is 2.84. The molecule has 0 spiro atoms. The molecule has 1 atom stereocenters. The van der Waals surface area contributed by atoms with Crippen LogP contribution >= 0.6 is 0 Å². The molecule has 14 heavy (non-hydrogen) atoms. The van der Waals surface area contributed by atoms with Gasteiger partial charge in [-0.2, -0.15) is 4.79 Å². The van der Waals surface area contributed by atoms with Gasteiger partial charge in [-0.1, -0.05) is 30.3 Å². The summed E-state index contributed by atoms with van der Waals surface area (Å²) in [6, 6.07) is 9.31. The fraction of sp³-hybridized carbons (Fsp3) is 0.200. The maximum atomic E-state index is 10.9. The van der Waals surface area contributed by atoms with E-state index in [2.05, 4.69) is 4.79 Å². The minimum Gasteiger partial charge on any atom is -0.449 e. The summed E-state index contributed by atoms with van der Waals surface area (Å²) in [6.07, 6.45) is 0.376. The second-order valence-corrected chi connectivity index (χ2v) is 2.73. The first kappa shape index (κ1) is 10.2. The Hall–Kier alpha value is -1.93. The van der Waals surface area contributed by atoms with Gasteiger partial charge in [0.2, 0.25) is 0 Å². The van der Waals surface area contributed by atoms with Gasteiger partial charge < -0.3 is 10.3 Å². The molecule has 0 saturated heterocycles. The molecule has 4 nitrogen and oxygen atoms in total. The van der Waals surface area contributed by atoms with Gasteiger partial charge in [-0.05, 0) is 12.5 Å². The molecular weight excluding hydrogens is 180 g/mol. The largest absolute Gasteiger partial charge is 0.449 e. The summed E-state index contributed by atoms with van der Waals surface area (Å²) >= 11 is 0. The zero-order valence-electron chi connectivity index (χ0n) is 7.75. The molecule has 0 bridgehead atoms. The van der Waals surface area contributed by atoms with E-state index in [0.29, 0.717) is 0 Å². The first-order valence-electron chi connectivity index (χ1n) is 4.17. The molecule has 1 aromatic rings. The third-order valence-electron chi connectivity index (χ3n) is 1.73. The fourth-order valence-corrected chi connectivity index (χ4v) is 1.04. The molecule has 0 N–H and O–H groups in total. The van der Waals surface area contributed by atoms with Crippen molar-refractivity contribution in [3.05, 3.63) is 41.4 Å². The lowest BCUT2D eigenvalue weighted by Crippen LogP contribution is -2.09. The van der Waals surface area contributed by atoms with Gasteiger partial charge in [0.15, 0.2) is 0 Å². The molecule has 0 fully saturated rings. The van der Waals surface area contributed by atoms with Crippen LogP contribution in [-0.4, -0.2) is 17.0 Å². The first-order valence-corrected chi connectivity index (χ1v) is 4.17. The van der Waals surface area contributed by atoms with Crippen molar-refractivity contribution < 1.29 is 14.3 Å². The molecule has 0 aromatic heterocycles. The van der Waals surface area contributed by atoms with Crippen LogP contribution in [0.1, 0.15) is 18.6 Å². The van der Waals surface area contributed by atoms with E-state index >= 15 is 0 Å². The molecular formula is C10H10N2O2. The fourth-order valence-electron chi connectivity index (χ4n) is 1.04. The van der Waals surface area contributed by atoms with Crippen LogP contribution in [0.2, 0.25) is 0 Å². The minimum atomic E-state index is -0.663. The first-order chi connectivity index (χ1) is 6.74. The number of benzene rings is 1. The van der Waals surface area contributed by atoms with Gasteiger partial charge >= 0.3 is 12.2 Å². The maximum Gasteiger partial charge on any atom is 0.414 e. The van der Waals surface area contributed by atoms with Crippen molar-refractivity contribution >= 4 is 12.2 Å². The van der Waals surface area contributed by atoms with Crippen LogP contribution in [0.5, 0.6) is 0 Å². The van der Waals surface area contributed by atoms with Gasteiger partial charge in [0.25, 0.3) is 0 Å². The molecule has 0 aliphatic carbocycles. The van der Waals surface area contributed by atoms with E-state index in [0.717, 1.165) is 11.8 Å². The van der Waals surface area contributed by atoms with Crippen LogP contribution in [0.3, 0.4) is 0 Å². The number of carbonyl (C=O) groups excluding carboxylic acids is 1. The van der Waals surface area contributed by atoms with Crippen LogP contribution in [0.15, 0.2) is 30.3 Å². The van der Waals surface area contributed by atoms with E-state index in [9.17, 15) is 4.79 Å². The Morgan fingerprint density at radius 2 is 2.14 bits per heavy atom. The summed E-state index contributed by atoms with van der Waals surface area (Å²) in [5.41, 5.74) is 8.98. The molecule has 0 aliphatic rings. The molecule has 0 aliphatic heterocycles. The monoisotopic (exact) mass is 190 g/mol. The summed E-state index contributed by atoms with van der Waals surface area (Å²) in [4.78, 5) is 13.5. The van der Waals surface area contributed by atoms with Crippen molar-refractivity contribution in [3.8, 4) is 0 Å². The Morgan fingerprint density at radius 3 is 2.71 bits per heavy atom. The topological polar surface area (TPSA) is 62.7 Å². The van der Waals surface area contributed by atoms with E-state index in [1.54, 1.807) is 6.92 Å². The maximum absolute atomic E-state index is 10.9. The quantitative estimate of drug-likeness (QED) is 0.314. The van der Waals surface area contributed by atoms with Crippen molar-refractivity contribution in [1.82, 2.24) is 0 Å². The van der Waals surface area contributed by atoms with Gasteiger partial charge in [0, 0.05) is 0 Å². The lowest BCUT2D eigenvalue weighted by Gasteiger charge is -2.09. The lowest BCUT2D eigenvalue weighted by atomic mass is 10.1. The molecule has 0 unspecified atom stereocenters. The smallest absolute Gasteiger partial charge is 0.414 e. The minimum absolute atomic E-state index is 0.346. The molecule has 0 amide bonds. The SMILES string of the molecule is C[C@@H](OC(=O)C=[N+]=[N-])c1ccccc1. The molecule has 0 heterocycles. The van der Waals surface area contributed by atoms with Crippen molar-refractivity contribution in [2.24, 2.45) is 0 Å². The predicted octanol–water partition coefficient (Wildman–Crippen LogP) is 1.59. The van der Waals surface area contributed by atoms with E-state index in [4.69, 9.17) is 10.3 Å². The second kappa shape index (κ2) is 4.94. The van der Waals surface area contributed by atoms with E-state index in [1.807, 2.05) is 30.3 Å². The average molecular weight is 190 g/mol. The highest BCUT2D eigenvalue weighted by atomic mass is 16.5. The Morgan fingerprint density at radius 1 is 1.50 bits per heavy atom. The van der Waals surface area contributed by atoms with E-state index in [-0.39, 0.29) is 6.10 Å². The summed E-state index contributed by atoms with van der Waals surface area (Å²) < 4.78 is 4.93. The Bertz CT molecular complexity index is 356. The summed E-state index contributed by atoms with van der Waals surface area (Å²) in [7, 11) is 0. The zero-order chi connectivity index (χ0) is 10.4. The molecule has 1 aromatic carbocycles. The van der Waals surface area contributed by atoms with Crippen LogP contribution in [0.25, 0.3) is 5.53 Å². The molecule has 4 heteroatoms. The molecule has 0 saturated carbocycles. The third-order valence-corrected chi connectivity index (χ3v) is 1.73. The van der Waals surface area contributed by atoms with E-state index < -0.39 is 5.97 Å². The Labute approximate surface area is 81.7 Å². The molecule has 1 rings (SSSR count). The highest BCUT2D eigenvalue weighted by Gasteiger charge is 2.11. The zero-order valence-corrected chi connectivity index (χ0v) is 7.75. The Kier molecular flexibility index (Phi) is 3.58. The average Bonchev–Trinajstić information content (AvgIpc) is 2.19. The Balaban J connectivity index is 2.63. The number of hydrogen-bond donors (Lipinski definition) is 0. The van der Waals surface area contributed by atoms with Crippen molar-refractivity contribution in [1.29, 1.82) is 0 Å². The number of carbonyl (C=O) groups is 1. The number of rotatable bonds is 3. The van der Waals surface area contributed by atoms with Crippen molar-refractivity contribution in [3.63, 3.8) is 0 Å². The molecule has 0 radical (unpaired) electrons. The summed E-state index contributed by atoms with van der Waals surface area (Å²) in [6.45, 7) is 1.75. The van der Waals surface area contributed by atoms with Gasteiger partial charge in [-0.3, -0.25) is 0 Å². The van der Waals surface area contributed by atoms with Crippen LogP contribution < -0.4 is 0 Å².